The van der Waals surface area contributed by atoms with Crippen LogP contribution in [0.2, 0.25) is 0 Å². The van der Waals surface area contributed by atoms with Crippen molar-refractivity contribution in [3.05, 3.63) is 23.3 Å². The maximum Gasteiger partial charge on any atom is 0.341 e. The van der Waals surface area contributed by atoms with Crippen LogP contribution in [0.5, 0.6) is 11.5 Å². The fraction of sp³-hybridized carbons (Fsp3) is 0.200. The zero-order valence-corrected chi connectivity index (χ0v) is 8.90. The SMILES string of the molecule is COC(=O)c1cc(C(=N)N)cc(OC)c1O. The molecule has 0 fully saturated rings. The van der Waals surface area contributed by atoms with E-state index in [1.54, 1.807) is 0 Å². The number of ether oxygens (including phenoxy) is 2. The first-order valence-electron chi connectivity index (χ1n) is 4.35. The van der Waals surface area contributed by atoms with Crippen molar-refractivity contribution in [2.75, 3.05) is 14.2 Å². The number of hydrogen-bond acceptors (Lipinski definition) is 5. The largest absolute Gasteiger partial charge is 0.504 e. The molecule has 0 aliphatic rings. The van der Waals surface area contributed by atoms with Gasteiger partial charge in [0.2, 0.25) is 0 Å². The molecule has 0 spiro atoms. The minimum absolute atomic E-state index is 0.0631. The summed E-state index contributed by atoms with van der Waals surface area (Å²) in [6.45, 7) is 0. The van der Waals surface area contributed by atoms with Crippen LogP contribution in [-0.4, -0.2) is 31.1 Å². The third-order valence-corrected chi connectivity index (χ3v) is 2.01. The van der Waals surface area contributed by atoms with Gasteiger partial charge in [-0.15, -0.1) is 0 Å². The molecular weight excluding hydrogens is 212 g/mol. The van der Waals surface area contributed by atoms with E-state index >= 15 is 0 Å². The first-order chi connectivity index (χ1) is 7.51. The van der Waals surface area contributed by atoms with Gasteiger partial charge in [-0.05, 0) is 12.1 Å². The second kappa shape index (κ2) is 4.52. The van der Waals surface area contributed by atoms with Crippen molar-refractivity contribution < 1.29 is 19.4 Å². The van der Waals surface area contributed by atoms with E-state index in [9.17, 15) is 9.90 Å². The number of carbonyl (C=O) groups excluding carboxylic acids is 1. The number of esters is 1. The van der Waals surface area contributed by atoms with E-state index in [-0.39, 0.29) is 28.5 Å². The molecule has 0 aliphatic carbocycles. The second-order valence-electron chi connectivity index (χ2n) is 2.98. The van der Waals surface area contributed by atoms with Crippen molar-refractivity contribution in [2.45, 2.75) is 0 Å². The number of aromatic hydroxyl groups is 1. The second-order valence-corrected chi connectivity index (χ2v) is 2.98. The number of carbonyl (C=O) groups is 1. The fourth-order valence-corrected chi connectivity index (χ4v) is 1.18. The number of hydrogen-bond donors (Lipinski definition) is 3. The number of rotatable bonds is 3. The van der Waals surface area contributed by atoms with Crippen LogP contribution in [0.4, 0.5) is 0 Å². The maximum atomic E-state index is 11.3. The Morgan fingerprint density at radius 3 is 2.50 bits per heavy atom. The standard InChI is InChI=1S/C10H12N2O4/c1-15-7-4-5(9(11)12)3-6(8(7)13)10(14)16-2/h3-4,13H,1-2H3,(H3,11,12). The van der Waals surface area contributed by atoms with Gasteiger partial charge in [-0.25, -0.2) is 4.79 Å². The average Bonchev–Trinajstić information content (AvgIpc) is 2.28. The lowest BCUT2D eigenvalue weighted by molar-refractivity contribution is 0.0596. The van der Waals surface area contributed by atoms with E-state index < -0.39 is 5.97 Å². The highest BCUT2D eigenvalue weighted by Gasteiger charge is 2.18. The Balaban J connectivity index is 3.41. The predicted octanol–water partition coefficient (Wildman–Crippen LogP) is 0.471. The Bertz CT molecular complexity index is 443. The Hall–Kier alpha value is -2.24. The maximum absolute atomic E-state index is 11.3. The molecule has 86 valence electrons. The number of methoxy groups -OCH3 is 2. The van der Waals surface area contributed by atoms with Gasteiger partial charge in [0, 0.05) is 5.56 Å². The van der Waals surface area contributed by atoms with Crippen LogP contribution in [-0.2, 0) is 4.74 Å². The Labute approximate surface area is 92.1 Å². The van der Waals surface area contributed by atoms with Gasteiger partial charge in [0.1, 0.15) is 11.4 Å². The summed E-state index contributed by atoms with van der Waals surface area (Å²) in [4.78, 5) is 11.3. The highest BCUT2D eigenvalue weighted by atomic mass is 16.5. The summed E-state index contributed by atoms with van der Waals surface area (Å²) in [5.41, 5.74) is 5.47. The van der Waals surface area contributed by atoms with Crippen LogP contribution in [0.15, 0.2) is 12.1 Å². The van der Waals surface area contributed by atoms with E-state index in [1.807, 2.05) is 0 Å². The Morgan fingerprint density at radius 2 is 2.06 bits per heavy atom. The number of amidine groups is 1. The summed E-state index contributed by atoms with van der Waals surface area (Å²) in [5.74, 6) is -1.23. The minimum Gasteiger partial charge on any atom is -0.504 e. The minimum atomic E-state index is -0.723. The lowest BCUT2D eigenvalue weighted by atomic mass is 10.1. The molecular formula is C10H12N2O4. The normalized spacial score (nSPS) is 9.62. The highest BCUT2D eigenvalue weighted by molar-refractivity contribution is 6.00. The van der Waals surface area contributed by atoms with E-state index in [0.717, 1.165) is 0 Å². The van der Waals surface area contributed by atoms with Gasteiger partial charge in [0.15, 0.2) is 11.5 Å². The number of phenols is 1. The first-order valence-corrected chi connectivity index (χ1v) is 4.35. The van der Waals surface area contributed by atoms with Crippen LogP contribution < -0.4 is 10.5 Å². The summed E-state index contributed by atoms with van der Waals surface area (Å²) in [6.07, 6.45) is 0. The summed E-state index contributed by atoms with van der Waals surface area (Å²) in [6, 6.07) is 2.64. The highest BCUT2D eigenvalue weighted by Crippen LogP contribution is 2.31. The molecule has 6 heteroatoms. The van der Waals surface area contributed by atoms with Gasteiger partial charge in [0.05, 0.1) is 14.2 Å². The van der Waals surface area contributed by atoms with E-state index in [2.05, 4.69) is 4.74 Å². The monoisotopic (exact) mass is 224 g/mol. The van der Waals surface area contributed by atoms with Gasteiger partial charge in [-0.1, -0.05) is 0 Å². The molecule has 0 atom stereocenters. The third kappa shape index (κ3) is 2.05. The quantitative estimate of drug-likeness (QED) is 0.393. The lowest BCUT2D eigenvalue weighted by Crippen LogP contribution is -2.13. The molecule has 0 bridgehead atoms. The lowest BCUT2D eigenvalue weighted by Gasteiger charge is -2.10. The zero-order valence-electron chi connectivity index (χ0n) is 8.90. The van der Waals surface area contributed by atoms with Crippen molar-refractivity contribution >= 4 is 11.8 Å². The predicted molar refractivity (Wildman–Crippen MR) is 57.0 cm³/mol. The Morgan fingerprint density at radius 1 is 1.44 bits per heavy atom. The molecule has 0 aliphatic heterocycles. The van der Waals surface area contributed by atoms with E-state index in [0.29, 0.717) is 0 Å². The number of nitrogens with one attached hydrogen (secondary N) is 1. The van der Waals surface area contributed by atoms with Gasteiger partial charge in [-0.3, -0.25) is 5.41 Å². The summed E-state index contributed by atoms with van der Waals surface area (Å²) < 4.78 is 9.35. The molecule has 0 unspecified atom stereocenters. The average molecular weight is 224 g/mol. The summed E-state index contributed by atoms with van der Waals surface area (Å²) >= 11 is 0. The molecule has 16 heavy (non-hydrogen) atoms. The molecule has 6 nitrogen and oxygen atoms in total. The number of nitrogen functional groups attached to an aromatic ring is 1. The number of benzene rings is 1. The molecule has 0 radical (unpaired) electrons. The molecule has 0 aromatic heterocycles. The van der Waals surface area contributed by atoms with E-state index in [1.165, 1.54) is 26.4 Å². The zero-order chi connectivity index (χ0) is 12.3. The molecule has 1 aromatic carbocycles. The fourth-order valence-electron chi connectivity index (χ4n) is 1.18. The first kappa shape index (κ1) is 11.8. The molecule has 0 amide bonds. The molecule has 4 N–H and O–H groups in total. The summed E-state index contributed by atoms with van der Waals surface area (Å²) in [7, 11) is 2.52. The van der Waals surface area contributed by atoms with E-state index in [4.69, 9.17) is 15.9 Å². The van der Waals surface area contributed by atoms with Gasteiger partial charge in [-0.2, -0.15) is 0 Å². The topological polar surface area (TPSA) is 106 Å². The van der Waals surface area contributed by atoms with Crippen molar-refractivity contribution in [1.82, 2.24) is 0 Å². The smallest absolute Gasteiger partial charge is 0.341 e. The van der Waals surface area contributed by atoms with Crippen molar-refractivity contribution in [3.8, 4) is 11.5 Å². The van der Waals surface area contributed by atoms with Crippen molar-refractivity contribution in [2.24, 2.45) is 5.73 Å². The molecule has 0 saturated heterocycles. The van der Waals surface area contributed by atoms with Gasteiger partial charge >= 0.3 is 5.97 Å². The van der Waals surface area contributed by atoms with Crippen LogP contribution in [0.25, 0.3) is 0 Å². The van der Waals surface area contributed by atoms with Crippen LogP contribution in [0.1, 0.15) is 15.9 Å². The molecule has 0 saturated carbocycles. The van der Waals surface area contributed by atoms with Gasteiger partial charge < -0.3 is 20.3 Å². The molecule has 1 aromatic rings. The van der Waals surface area contributed by atoms with Crippen molar-refractivity contribution in [1.29, 1.82) is 5.41 Å². The molecule has 0 heterocycles. The van der Waals surface area contributed by atoms with Crippen LogP contribution >= 0.6 is 0 Å². The van der Waals surface area contributed by atoms with Crippen molar-refractivity contribution in [3.63, 3.8) is 0 Å². The third-order valence-electron chi connectivity index (χ3n) is 2.01. The number of phenolic OH excluding ortho intramolecular Hbond substituents is 1. The molecule has 1 rings (SSSR count). The van der Waals surface area contributed by atoms with Gasteiger partial charge in [0.25, 0.3) is 0 Å². The number of nitrogens with two attached hydrogens (primary N) is 1. The Kier molecular flexibility index (Phi) is 3.34. The van der Waals surface area contributed by atoms with Crippen LogP contribution in [0.3, 0.4) is 0 Å². The summed E-state index contributed by atoms with van der Waals surface area (Å²) in [5, 5.41) is 16.9. The van der Waals surface area contributed by atoms with Crippen LogP contribution in [0, 0.1) is 5.41 Å².